The Bertz CT molecular complexity index is 571. The summed E-state index contributed by atoms with van der Waals surface area (Å²) in [5.74, 6) is -0.680. The highest BCUT2D eigenvalue weighted by molar-refractivity contribution is 5.89. The van der Waals surface area contributed by atoms with Crippen molar-refractivity contribution in [3.63, 3.8) is 0 Å². The van der Waals surface area contributed by atoms with E-state index in [4.69, 9.17) is 4.74 Å². The van der Waals surface area contributed by atoms with E-state index >= 15 is 0 Å². The SMILES string of the molecule is C=CCC1(C(C)CC)C(=O)OC(c2ccccc2)N1C(=O)O. The van der Waals surface area contributed by atoms with Gasteiger partial charge >= 0.3 is 12.1 Å². The molecule has 1 saturated heterocycles. The van der Waals surface area contributed by atoms with Crippen molar-refractivity contribution in [2.24, 2.45) is 5.92 Å². The van der Waals surface area contributed by atoms with Crippen LogP contribution < -0.4 is 0 Å². The molecule has 1 aromatic rings. The maximum absolute atomic E-state index is 12.6. The van der Waals surface area contributed by atoms with Gasteiger partial charge in [-0.25, -0.2) is 9.59 Å². The van der Waals surface area contributed by atoms with Crippen molar-refractivity contribution < 1.29 is 19.4 Å². The molecule has 1 amide bonds. The Hall–Kier alpha value is -2.30. The van der Waals surface area contributed by atoms with Crippen molar-refractivity contribution in [3.05, 3.63) is 48.6 Å². The molecule has 0 saturated carbocycles. The van der Waals surface area contributed by atoms with Gasteiger partial charge in [0, 0.05) is 5.56 Å². The second-order valence-electron chi connectivity index (χ2n) is 5.55. The van der Waals surface area contributed by atoms with Gasteiger partial charge in [-0.3, -0.25) is 4.90 Å². The van der Waals surface area contributed by atoms with Crippen LogP contribution in [-0.2, 0) is 9.53 Å². The Labute approximate surface area is 130 Å². The Morgan fingerprint density at radius 2 is 2.14 bits per heavy atom. The van der Waals surface area contributed by atoms with Crippen molar-refractivity contribution in [1.29, 1.82) is 0 Å². The number of carbonyl (C=O) groups is 2. The summed E-state index contributed by atoms with van der Waals surface area (Å²) >= 11 is 0. The van der Waals surface area contributed by atoms with Crippen LogP contribution in [0.15, 0.2) is 43.0 Å². The first-order chi connectivity index (χ1) is 10.5. The molecular weight excluding hydrogens is 282 g/mol. The molecule has 1 heterocycles. The van der Waals surface area contributed by atoms with Gasteiger partial charge in [0.1, 0.15) is 0 Å². The number of amides is 1. The van der Waals surface area contributed by atoms with Crippen LogP contribution in [0.5, 0.6) is 0 Å². The number of benzene rings is 1. The van der Waals surface area contributed by atoms with E-state index in [0.717, 1.165) is 4.90 Å². The summed E-state index contributed by atoms with van der Waals surface area (Å²) in [5, 5.41) is 9.73. The van der Waals surface area contributed by atoms with Crippen LogP contribution in [0.3, 0.4) is 0 Å². The molecule has 0 aromatic heterocycles. The van der Waals surface area contributed by atoms with Crippen molar-refractivity contribution in [2.75, 3.05) is 0 Å². The second-order valence-corrected chi connectivity index (χ2v) is 5.55. The largest absolute Gasteiger partial charge is 0.465 e. The molecule has 0 aliphatic carbocycles. The molecule has 5 heteroatoms. The third-order valence-corrected chi connectivity index (χ3v) is 4.41. The molecule has 118 valence electrons. The summed E-state index contributed by atoms with van der Waals surface area (Å²) < 4.78 is 5.47. The molecule has 0 radical (unpaired) electrons. The van der Waals surface area contributed by atoms with Crippen LogP contribution in [0, 0.1) is 5.92 Å². The van der Waals surface area contributed by atoms with Crippen LogP contribution in [-0.4, -0.2) is 27.6 Å². The molecule has 2 rings (SSSR count). The first-order valence-electron chi connectivity index (χ1n) is 7.38. The van der Waals surface area contributed by atoms with Crippen LogP contribution in [0.25, 0.3) is 0 Å². The molecule has 1 aromatic carbocycles. The average Bonchev–Trinajstić information content (AvgIpc) is 2.82. The smallest absolute Gasteiger partial charge is 0.411 e. The minimum Gasteiger partial charge on any atom is -0.465 e. The monoisotopic (exact) mass is 303 g/mol. The third-order valence-electron chi connectivity index (χ3n) is 4.41. The minimum absolute atomic E-state index is 0.178. The van der Waals surface area contributed by atoms with Gasteiger partial charge in [0.2, 0.25) is 6.23 Å². The quantitative estimate of drug-likeness (QED) is 0.667. The summed E-state index contributed by atoms with van der Waals surface area (Å²) in [6.07, 6.45) is 0.392. The van der Waals surface area contributed by atoms with Gasteiger partial charge < -0.3 is 9.84 Å². The van der Waals surface area contributed by atoms with E-state index in [9.17, 15) is 14.7 Å². The van der Waals surface area contributed by atoms with Crippen molar-refractivity contribution >= 4 is 12.1 Å². The number of nitrogens with zero attached hydrogens (tertiary/aromatic N) is 1. The van der Waals surface area contributed by atoms with Crippen molar-refractivity contribution in [3.8, 4) is 0 Å². The standard InChI is InChI=1S/C17H21NO4/c1-4-11-17(12(3)5-2)15(19)22-14(18(17)16(20)21)13-9-7-6-8-10-13/h4,6-10,12,14H,1,5,11H2,2-3H3,(H,20,21). The number of esters is 1. The molecule has 1 fully saturated rings. The number of carbonyl (C=O) groups excluding carboxylic acids is 1. The molecule has 1 N–H and O–H groups in total. The van der Waals surface area contributed by atoms with E-state index in [2.05, 4.69) is 6.58 Å². The zero-order valence-electron chi connectivity index (χ0n) is 12.9. The van der Waals surface area contributed by atoms with Crippen LogP contribution in [0.4, 0.5) is 4.79 Å². The van der Waals surface area contributed by atoms with E-state index in [0.29, 0.717) is 12.0 Å². The zero-order chi connectivity index (χ0) is 16.3. The highest BCUT2D eigenvalue weighted by atomic mass is 16.6. The lowest BCUT2D eigenvalue weighted by atomic mass is 9.79. The molecule has 3 unspecified atom stereocenters. The average molecular weight is 303 g/mol. The summed E-state index contributed by atoms with van der Waals surface area (Å²) in [4.78, 5) is 25.7. The van der Waals surface area contributed by atoms with E-state index in [-0.39, 0.29) is 12.3 Å². The van der Waals surface area contributed by atoms with Gasteiger partial charge in [-0.05, 0) is 12.3 Å². The molecule has 0 bridgehead atoms. The van der Waals surface area contributed by atoms with Gasteiger partial charge in [-0.1, -0.05) is 56.7 Å². The summed E-state index contributed by atoms with van der Waals surface area (Å²) in [6.45, 7) is 7.48. The van der Waals surface area contributed by atoms with Gasteiger partial charge in [-0.15, -0.1) is 6.58 Å². The normalized spacial score (nSPS) is 25.6. The van der Waals surface area contributed by atoms with Crippen molar-refractivity contribution in [2.45, 2.75) is 38.5 Å². The van der Waals surface area contributed by atoms with Gasteiger partial charge in [0.15, 0.2) is 5.54 Å². The lowest BCUT2D eigenvalue weighted by Gasteiger charge is -2.37. The fourth-order valence-corrected chi connectivity index (χ4v) is 3.05. The van der Waals surface area contributed by atoms with Crippen LogP contribution in [0.1, 0.15) is 38.5 Å². The number of hydrogen-bond acceptors (Lipinski definition) is 3. The lowest BCUT2D eigenvalue weighted by molar-refractivity contribution is -0.147. The molecule has 1 aliphatic heterocycles. The molecule has 0 spiro atoms. The van der Waals surface area contributed by atoms with E-state index in [1.165, 1.54) is 0 Å². The summed E-state index contributed by atoms with van der Waals surface area (Å²) in [6, 6.07) is 8.93. The predicted molar refractivity (Wildman–Crippen MR) is 82.1 cm³/mol. The second kappa shape index (κ2) is 6.22. The maximum atomic E-state index is 12.6. The highest BCUT2D eigenvalue weighted by Gasteiger charge is 2.59. The van der Waals surface area contributed by atoms with E-state index in [1.807, 2.05) is 19.9 Å². The zero-order valence-corrected chi connectivity index (χ0v) is 12.9. The number of rotatable bonds is 5. The minimum atomic E-state index is -1.22. The van der Waals surface area contributed by atoms with Gasteiger partial charge in [0.25, 0.3) is 0 Å². The number of hydrogen-bond donors (Lipinski definition) is 1. The number of carboxylic acid groups (broad SMARTS) is 1. The summed E-state index contributed by atoms with van der Waals surface area (Å²) in [5.41, 5.74) is -0.574. The van der Waals surface area contributed by atoms with Gasteiger partial charge in [0.05, 0.1) is 0 Å². The number of cyclic esters (lactones) is 1. The van der Waals surface area contributed by atoms with Crippen LogP contribution in [0.2, 0.25) is 0 Å². The fraction of sp³-hybridized carbons (Fsp3) is 0.412. The van der Waals surface area contributed by atoms with Crippen molar-refractivity contribution in [1.82, 2.24) is 4.90 Å². The summed E-state index contributed by atoms with van der Waals surface area (Å²) in [7, 11) is 0. The number of ether oxygens (including phenoxy) is 1. The molecule has 3 atom stereocenters. The molecular formula is C17H21NO4. The molecule has 1 aliphatic rings. The highest BCUT2D eigenvalue weighted by Crippen LogP contribution is 2.45. The maximum Gasteiger partial charge on any atom is 0.411 e. The molecule has 22 heavy (non-hydrogen) atoms. The Balaban J connectivity index is 2.55. The van der Waals surface area contributed by atoms with Gasteiger partial charge in [-0.2, -0.15) is 0 Å². The van der Waals surface area contributed by atoms with E-state index < -0.39 is 23.8 Å². The fourth-order valence-electron chi connectivity index (χ4n) is 3.05. The first kappa shape index (κ1) is 16.1. The third kappa shape index (κ3) is 2.36. The van der Waals surface area contributed by atoms with E-state index in [1.54, 1.807) is 30.3 Å². The Kier molecular flexibility index (Phi) is 4.54. The predicted octanol–water partition coefficient (Wildman–Crippen LogP) is 3.58. The lowest BCUT2D eigenvalue weighted by Crippen LogP contribution is -2.55. The topological polar surface area (TPSA) is 66.8 Å². The first-order valence-corrected chi connectivity index (χ1v) is 7.38. The molecule has 5 nitrogen and oxygen atoms in total. The van der Waals surface area contributed by atoms with Crippen LogP contribution >= 0.6 is 0 Å². The Morgan fingerprint density at radius 3 is 2.64 bits per heavy atom. The Morgan fingerprint density at radius 1 is 1.50 bits per heavy atom.